The summed E-state index contributed by atoms with van der Waals surface area (Å²) in [6, 6.07) is 5.57. The van der Waals surface area contributed by atoms with Crippen molar-refractivity contribution in [3.05, 3.63) is 29.3 Å². The number of ether oxygens (including phenoxy) is 2. The highest BCUT2D eigenvalue weighted by molar-refractivity contribution is 5.94. The molecule has 1 aliphatic rings. The molecule has 0 spiro atoms. The van der Waals surface area contributed by atoms with Gasteiger partial charge in [-0.25, -0.2) is 0 Å². The van der Waals surface area contributed by atoms with Crippen LogP contribution in [0.3, 0.4) is 0 Å². The lowest BCUT2D eigenvalue weighted by Crippen LogP contribution is -2.48. The maximum atomic E-state index is 12.5. The quantitative estimate of drug-likeness (QED) is 0.895. The SMILES string of the molecule is CNCC1CN(C(=O)c2ccc(C)c(OC)c2)CCO1. The number of nitrogens with one attached hydrogen (secondary N) is 1. The molecule has 20 heavy (non-hydrogen) atoms. The number of methoxy groups -OCH3 is 1. The van der Waals surface area contributed by atoms with Crippen LogP contribution in [0.1, 0.15) is 15.9 Å². The van der Waals surface area contributed by atoms with Crippen LogP contribution in [0.4, 0.5) is 0 Å². The van der Waals surface area contributed by atoms with Crippen LogP contribution >= 0.6 is 0 Å². The monoisotopic (exact) mass is 278 g/mol. The molecule has 0 saturated carbocycles. The fourth-order valence-corrected chi connectivity index (χ4v) is 2.39. The van der Waals surface area contributed by atoms with E-state index in [1.165, 1.54) is 0 Å². The Morgan fingerprint density at radius 2 is 2.35 bits per heavy atom. The minimum Gasteiger partial charge on any atom is -0.496 e. The molecule has 1 heterocycles. The molecule has 1 unspecified atom stereocenters. The van der Waals surface area contributed by atoms with Crippen molar-refractivity contribution in [3.63, 3.8) is 0 Å². The van der Waals surface area contributed by atoms with Gasteiger partial charge < -0.3 is 19.7 Å². The lowest BCUT2D eigenvalue weighted by molar-refractivity contribution is -0.0196. The third-order valence-corrected chi connectivity index (χ3v) is 3.51. The van der Waals surface area contributed by atoms with Crippen LogP contribution in [0.5, 0.6) is 5.75 Å². The van der Waals surface area contributed by atoms with Crippen LogP contribution in [0.2, 0.25) is 0 Å². The molecule has 1 aliphatic heterocycles. The fraction of sp³-hybridized carbons (Fsp3) is 0.533. The first-order valence-corrected chi connectivity index (χ1v) is 6.86. The number of rotatable bonds is 4. The van der Waals surface area contributed by atoms with E-state index in [2.05, 4.69) is 5.32 Å². The molecule has 0 aliphatic carbocycles. The molecule has 1 aromatic carbocycles. The summed E-state index contributed by atoms with van der Waals surface area (Å²) in [6.45, 7) is 4.55. The second-order valence-electron chi connectivity index (χ2n) is 4.99. The van der Waals surface area contributed by atoms with E-state index in [1.807, 2.05) is 31.0 Å². The predicted molar refractivity (Wildman–Crippen MR) is 77.3 cm³/mol. The van der Waals surface area contributed by atoms with Gasteiger partial charge in [0.25, 0.3) is 5.91 Å². The first kappa shape index (κ1) is 14.8. The molecule has 5 heteroatoms. The van der Waals surface area contributed by atoms with Gasteiger partial charge in [-0.1, -0.05) is 6.07 Å². The van der Waals surface area contributed by atoms with Gasteiger partial charge in [0.15, 0.2) is 0 Å². The van der Waals surface area contributed by atoms with Crippen LogP contribution < -0.4 is 10.1 Å². The number of morpholine rings is 1. The largest absolute Gasteiger partial charge is 0.496 e. The zero-order valence-electron chi connectivity index (χ0n) is 12.3. The summed E-state index contributed by atoms with van der Waals surface area (Å²) in [5, 5.41) is 3.08. The molecule has 0 bridgehead atoms. The fourth-order valence-electron chi connectivity index (χ4n) is 2.39. The van der Waals surface area contributed by atoms with Gasteiger partial charge in [0.1, 0.15) is 5.75 Å². The smallest absolute Gasteiger partial charge is 0.254 e. The van der Waals surface area contributed by atoms with Crippen molar-refractivity contribution < 1.29 is 14.3 Å². The molecule has 1 saturated heterocycles. The third-order valence-electron chi connectivity index (χ3n) is 3.51. The molecule has 2 rings (SSSR count). The molecular formula is C15H22N2O3. The van der Waals surface area contributed by atoms with Crippen molar-refractivity contribution in [3.8, 4) is 5.75 Å². The van der Waals surface area contributed by atoms with E-state index < -0.39 is 0 Å². The number of benzene rings is 1. The van der Waals surface area contributed by atoms with Gasteiger partial charge in [0, 0.05) is 25.2 Å². The molecule has 1 amide bonds. The van der Waals surface area contributed by atoms with Crippen LogP contribution in [0.25, 0.3) is 0 Å². The van der Waals surface area contributed by atoms with E-state index in [0.29, 0.717) is 25.3 Å². The standard InChI is InChI=1S/C15H22N2O3/c1-11-4-5-12(8-14(11)19-3)15(18)17-6-7-20-13(10-17)9-16-2/h4-5,8,13,16H,6-7,9-10H2,1-3H3. The van der Waals surface area contributed by atoms with E-state index in [0.717, 1.165) is 17.9 Å². The topological polar surface area (TPSA) is 50.8 Å². The molecule has 1 fully saturated rings. The minimum absolute atomic E-state index is 0.0349. The van der Waals surface area contributed by atoms with Crippen molar-refractivity contribution in [1.29, 1.82) is 0 Å². The van der Waals surface area contributed by atoms with E-state index in [-0.39, 0.29) is 12.0 Å². The summed E-state index contributed by atoms with van der Waals surface area (Å²) in [6.07, 6.45) is 0.0602. The Balaban J connectivity index is 2.10. The Hall–Kier alpha value is -1.59. The van der Waals surface area contributed by atoms with Crippen molar-refractivity contribution in [2.45, 2.75) is 13.0 Å². The molecule has 1 aromatic rings. The number of aryl methyl sites for hydroxylation is 1. The Morgan fingerprint density at radius 3 is 3.05 bits per heavy atom. The van der Waals surface area contributed by atoms with Gasteiger partial charge in [-0.2, -0.15) is 0 Å². The van der Waals surface area contributed by atoms with E-state index in [4.69, 9.17) is 9.47 Å². The number of carbonyl (C=O) groups is 1. The summed E-state index contributed by atoms with van der Waals surface area (Å²) in [4.78, 5) is 14.4. The minimum atomic E-state index is 0.0349. The number of hydrogen-bond donors (Lipinski definition) is 1. The van der Waals surface area contributed by atoms with Gasteiger partial charge in [0.05, 0.1) is 19.8 Å². The highest BCUT2D eigenvalue weighted by Crippen LogP contribution is 2.20. The van der Waals surface area contributed by atoms with Gasteiger partial charge in [-0.05, 0) is 31.7 Å². The normalized spacial score (nSPS) is 18.9. The number of carbonyl (C=O) groups excluding carboxylic acids is 1. The van der Waals surface area contributed by atoms with E-state index in [9.17, 15) is 4.79 Å². The van der Waals surface area contributed by atoms with Crippen LogP contribution in [-0.4, -0.2) is 57.3 Å². The van der Waals surface area contributed by atoms with Gasteiger partial charge in [-0.3, -0.25) is 4.79 Å². The van der Waals surface area contributed by atoms with E-state index in [1.54, 1.807) is 13.2 Å². The summed E-state index contributed by atoms with van der Waals surface area (Å²) in [7, 11) is 3.50. The predicted octanol–water partition coefficient (Wildman–Crippen LogP) is 1.06. The van der Waals surface area contributed by atoms with Crippen molar-refractivity contribution >= 4 is 5.91 Å². The Morgan fingerprint density at radius 1 is 1.55 bits per heavy atom. The highest BCUT2D eigenvalue weighted by Gasteiger charge is 2.24. The highest BCUT2D eigenvalue weighted by atomic mass is 16.5. The zero-order valence-corrected chi connectivity index (χ0v) is 12.3. The molecule has 1 atom stereocenters. The maximum Gasteiger partial charge on any atom is 0.254 e. The summed E-state index contributed by atoms with van der Waals surface area (Å²) in [5.74, 6) is 0.781. The number of likely N-dealkylation sites (N-methyl/N-ethyl adjacent to an activating group) is 1. The summed E-state index contributed by atoms with van der Waals surface area (Å²) >= 11 is 0. The average molecular weight is 278 g/mol. The van der Waals surface area contributed by atoms with Gasteiger partial charge >= 0.3 is 0 Å². The van der Waals surface area contributed by atoms with Crippen molar-refractivity contribution in [2.24, 2.45) is 0 Å². The lowest BCUT2D eigenvalue weighted by Gasteiger charge is -2.33. The Kier molecular flexibility index (Phi) is 4.98. The lowest BCUT2D eigenvalue weighted by atomic mass is 10.1. The van der Waals surface area contributed by atoms with Gasteiger partial charge in [0.2, 0.25) is 0 Å². The molecule has 110 valence electrons. The second-order valence-corrected chi connectivity index (χ2v) is 4.99. The maximum absolute atomic E-state index is 12.5. The van der Waals surface area contributed by atoms with Crippen LogP contribution in [0, 0.1) is 6.92 Å². The Labute approximate surface area is 119 Å². The zero-order chi connectivity index (χ0) is 14.5. The molecule has 5 nitrogen and oxygen atoms in total. The molecule has 0 aromatic heterocycles. The molecule has 0 radical (unpaired) electrons. The number of nitrogens with zero attached hydrogens (tertiary/aromatic N) is 1. The Bertz CT molecular complexity index is 474. The number of hydrogen-bond acceptors (Lipinski definition) is 4. The summed E-state index contributed by atoms with van der Waals surface area (Å²) < 4.78 is 10.9. The third kappa shape index (κ3) is 3.29. The van der Waals surface area contributed by atoms with Crippen molar-refractivity contribution in [2.75, 3.05) is 40.4 Å². The van der Waals surface area contributed by atoms with Gasteiger partial charge in [-0.15, -0.1) is 0 Å². The van der Waals surface area contributed by atoms with E-state index >= 15 is 0 Å². The van der Waals surface area contributed by atoms with Crippen molar-refractivity contribution in [1.82, 2.24) is 10.2 Å². The number of amides is 1. The molecular weight excluding hydrogens is 256 g/mol. The first-order chi connectivity index (χ1) is 9.65. The second kappa shape index (κ2) is 6.72. The average Bonchev–Trinajstić information content (AvgIpc) is 2.48. The molecule has 1 N–H and O–H groups in total. The summed E-state index contributed by atoms with van der Waals surface area (Å²) in [5.41, 5.74) is 1.69. The van der Waals surface area contributed by atoms with Crippen LogP contribution in [0.15, 0.2) is 18.2 Å². The first-order valence-electron chi connectivity index (χ1n) is 6.86. The van der Waals surface area contributed by atoms with Crippen LogP contribution in [-0.2, 0) is 4.74 Å².